The first-order chi connectivity index (χ1) is 7.70. The third-order valence-electron chi connectivity index (χ3n) is 3.02. The summed E-state index contributed by atoms with van der Waals surface area (Å²) in [6, 6.07) is 0. The third-order valence-corrected chi connectivity index (χ3v) is 3.02. The van der Waals surface area contributed by atoms with E-state index in [0.29, 0.717) is 32.0 Å². The molecule has 6 nitrogen and oxygen atoms in total. The lowest BCUT2D eigenvalue weighted by molar-refractivity contribution is -0.137. The summed E-state index contributed by atoms with van der Waals surface area (Å²) in [7, 11) is 0. The van der Waals surface area contributed by atoms with Crippen LogP contribution in [0.3, 0.4) is 0 Å². The first kappa shape index (κ1) is 11.2. The molecule has 0 radical (unpaired) electrons. The summed E-state index contributed by atoms with van der Waals surface area (Å²) in [6.45, 7) is 1.43. The van der Waals surface area contributed by atoms with Gasteiger partial charge in [0.2, 0.25) is 5.91 Å². The van der Waals surface area contributed by atoms with Crippen molar-refractivity contribution in [1.82, 2.24) is 4.90 Å². The number of ether oxygens (including phenoxy) is 1. The van der Waals surface area contributed by atoms with Gasteiger partial charge in [0.1, 0.15) is 6.10 Å². The van der Waals surface area contributed by atoms with E-state index in [2.05, 4.69) is 5.16 Å². The van der Waals surface area contributed by atoms with Crippen molar-refractivity contribution in [2.75, 3.05) is 19.7 Å². The van der Waals surface area contributed by atoms with Gasteiger partial charge in [-0.05, 0) is 18.8 Å². The van der Waals surface area contributed by atoms with Crippen molar-refractivity contribution in [1.29, 1.82) is 0 Å². The second kappa shape index (κ2) is 4.69. The molecular formula is C10H17N3O3. The Labute approximate surface area is 94.0 Å². The van der Waals surface area contributed by atoms with E-state index in [-0.39, 0.29) is 11.7 Å². The second-order valence-corrected chi connectivity index (χ2v) is 4.37. The number of nitrogens with zero attached hydrogens (tertiary/aromatic N) is 2. The van der Waals surface area contributed by atoms with Gasteiger partial charge in [0.05, 0.1) is 13.2 Å². The van der Waals surface area contributed by atoms with Crippen LogP contribution in [0.15, 0.2) is 5.16 Å². The van der Waals surface area contributed by atoms with Gasteiger partial charge in [0.25, 0.3) is 0 Å². The Hall–Kier alpha value is -1.30. The number of morpholine rings is 1. The minimum atomic E-state index is -0.470. The van der Waals surface area contributed by atoms with E-state index in [1.54, 1.807) is 4.90 Å². The van der Waals surface area contributed by atoms with Gasteiger partial charge >= 0.3 is 0 Å². The zero-order valence-electron chi connectivity index (χ0n) is 9.13. The summed E-state index contributed by atoms with van der Waals surface area (Å²) >= 11 is 0. The summed E-state index contributed by atoms with van der Waals surface area (Å²) in [6.07, 6.45) is 2.49. The normalized spacial score (nSPS) is 26.9. The maximum atomic E-state index is 11.8. The molecule has 0 aromatic carbocycles. The summed E-state index contributed by atoms with van der Waals surface area (Å²) in [4.78, 5) is 13.6. The molecule has 90 valence electrons. The van der Waals surface area contributed by atoms with Gasteiger partial charge in [0, 0.05) is 13.0 Å². The zero-order valence-corrected chi connectivity index (χ0v) is 9.13. The number of amidine groups is 1. The number of carbonyl (C=O) groups is 1. The number of nitrogens with two attached hydrogens (primary N) is 1. The topological polar surface area (TPSA) is 88.2 Å². The fraction of sp³-hybridized carbons (Fsp3) is 0.800. The molecule has 2 aliphatic rings. The molecule has 2 rings (SSSR count). The summed E-state index contributed by atoms with van der Waals surface area (Å²) in [5, 5.41) is 11.5. The van der Waals surface area contributed by atoms with Gasteiger partial charge in [-0.15, -0.1) is 0 Å². The lowest BCUT2D eigenvalue weighted by Crippen LogP contribution is -2.50. The number of rotatable bonds is 3. The van der Waals surface area contributed by atoms with Crippen molar-refractivity contribution in [3.63, 3.8) is 0 Å². The Morgan fingerprint density at radius 2 is 2.31 bits per heavy atom. The lowest BCUT2D eigenvalue weighted by atomic mass is 10.2. The van der Waals surface area contributed by atoms with Gasteiger partial charge in [0.15, 0.2) is 5.84 Å². The van der Waals surface area contributed by atoms with Gasteiger partial charge < -0.3 is 20.6 Å². The Kier molecular flexibility index (Phi) is 3.28. The van der Waals surface area contributed by atoms with Crippen LogP contribution in [-0.4, -0.2) is 47.7 Å². The fourth-order valence-electron chi connectivity index (χ4n) is 1.82. The average molecular weight is 227 g/mol. The predicted octanol–water partition coefficient (Wildman–Crippen LogP) is -0.240. The highest BCUT2D eigenvalue weighted by Gasteiger charge is 2.31. The maximum absolute atomic E-state index is 11.8. The number of oxime groups is 1. The Morgan fingerprint density at radius 1 is 1.56 bits per heavy atom. The molecule has 16 heavy (non-hydrogen) atoms. The van der Waals surface area contributed by atoms with Crippen LogP contribution in [0.25, 0.3) is 0 Å². The SMILES string of the molecule is NC(=NO)C1CN(C(=O)CC2CC2)CCO1. The number of amides is 1. The van der Waals surface area contributed by atoms with Crippen molar-refractivity contribution in [3.05, 3.63) is 0 Å². The van der Waals surface area contributed by atoms with Crippen LogP contribution in [0.5, 0.6) is 0 Å². The molecule has 0 aromatic rings. The van der Waals surface area contributed by atoms with E-state index < -0.39 is 6.10 Å². The predicted molar refractivity (Wildman–Crippen MR) is 57.1 cm³/mol. The molecular weight excluding hydrogens is 210 g/mol. The van der Waals surface area contributed by atoms with E-state index in [1.165, 1.54) is 12.8 Å². The molecule has 3 N–H and O–H groups in total. The van der Waals surface area contributed by atoms with Crippen molar-refractivity contribution in [2.45, 2.75) is 25.4 Å². The molecule has 1 unspecified atom stereocenters. The molecule has 1 saturated carbocycles. The van der Waals surface area contributed by atoms with Gasteiger partial charge in [-0.2, -0.15) is 0 Å². The molecule has 1 aliphatic carbocycles. The first-order valence-electron chi connectivity index (χ1n) is 5.57. The van der Waals surface area contributed by atoms with E-state index in [1.807, 2.05) is 0 Å². The molecule has 0 spiro atoms. The van der Waals surface area contributed by atoms with Crippen LogP contribution in [0.2, 0.25) is 0 Å². The van der Waals surface area contributed by atoms with Gasteiger partial charge in [-0.25, -0.2) is 0 Å². The van der Waals surface area contributed by atoms with Crippen LogP contribution in [0.4, 0.5) is 0 Å². The van der Waals surface area contributed by atoms with E-state index >= 15 is 0 Å². The molecule has 1 aliphatic heterocycles. The zero-order chi connectivity index (χ0) is 11.5. The number of hydrogen-bond acceptors (Lipinski definition) is 4. The monoisotopic (exact) mass is 227 g/mol. The van der Waals surface area contributed by atoms with Gasteiger partial charge in [-0.3, -0.25) is 4.79 Å². The summed E-state index contributed by atoms with van der Waals surface area (Å²) in [5.74, 6) is 0.767. The molecule has 6 heteroatoms. The average Bonchev–Trinajstić information content (AvgIpc) is 3.12. The van der Waals surface area contributed by atoms with Crippen LogP contribution in [-0.2, 0) is 9.53 Å². The maximum Gasteiger partial charge on any atom is 0.223 e. The smallest absolute Gasteiger partial charge is 0.223 e. The Balaban J connectivity index is 1.87. The number of hydrogen-bond donors (Lipinski definition) is 2. The van der Waals surface area contributed by atoms with Crippen LogP contribution in [0.1, 0.15) is 19.3 Å². The molecule has 0 bridgehead atoms. The highest BCUT2D eigenvalue weighted by atomic mass is 16.5. The van der Waals surface area contributed by atoms with Crippen LogP contribution >= 0.6 is 0 Å². The molecule has 1 heterocycles. The molecule has 1 saturated heterocycles. The second-order valence-electron chi connectivity index (χ2n) is 4.37. The third kappa shape index (κ3) is 2.63. The van der Waals surface area contributed by atoms with Crippen molar-refractivity contribution >= 4 is 11.7 Å². The molecule has 2 fully saturated rings. The lowest BCUT2D eigenvalue weighted by Gasteiger charge is -2.32. The molecule has 0 aromatic heterocycles. The highest BCUT2D eigenvalue weighted by Crippen LogP contribution is 2.33. The van der Waals surface area contributed by atoms with Crippen molar-refractivity contribution < 1.29 is 14.7 Å². The van der Waals surface area contributed by atoms with Crippen LogP contribution < -0.4 is 5.73 Å². The number of carbonyl (C=O) groups excluding carboxylic acids is 1. The Morgan fingerprint density at radius 3 is 2.94 bits per heavy atom. The van der Waals surface area contributed by atoms with Gasteiger partial charge in [-0.1, -0.05) is 5.16 Å². The Bertz CT molecular complexity index is 302. The fourth-order valence-corrected chi connectivity index (χ4v) is 1.82. The van der Waals surface area contributed by atoms with E-state index in [4.69, 9.17) is 15.7 Å². The summed E-state index contributed by atoms with van der Waals surface area (Å²) < 4.78 is 5.32. The van der Waals surface area contributed by atoms with E-state index in [9.17, 15) is 4.79 Å². The minimum Gasteiger partial charge on any atom is -0.409 e. The molecule has 1 amide bonds. The standard InChI is InChI=1S/C10H17N3O3/c11-10(12-15)8-6-13(3-4-16-8)9(14)5-7-1-2-7/h7-8,15H,1-6H2,(H2,11,12). The van der Waals surface area contributed by atoms with Crippen molar-refractivity contribution in [3.8, 4) is 0 Å². The summed E-state index contributed by atoms with van der Waals surface area (Å²) in [5.41, 5.74) is 5.46. The first-order valence-corrected chi connectivity index (χ1v) is 5.57. The minimum absolute atomic E-state index is 0.0314. The van der Waals surface area contributed by atoms with Crippen LogP contribution in [0, 0.1) is 5.92 Å². The van der Waals surface area contributed by atoms with Crippen molar-refractivity contribution in [2.24, 2.45) is 16.8 Å². The van der Waals surface area contributed by atoms with E-state index in [0.717, 1.165) is 0 Å². The molecule has 1 atom stereocenters. The quantitative estimate of drug-likeness (QED) is 0.301. The highest BCUT2D eigenvalue weighted by molar-refractivity contribution is 5.85. The largest absolute Gasteiger partial charge is 0.409 e.